The second-order valence-electron chi connectivity index (χ2n) is 8.84. The van der Waals surface area contributed by atoms with Gasteiger partial charge >= 0.3 is 5.97 Å². The number of allylic oxidation sites excluding steroid dienone is 2. The molecule has 0 unspecified atom stereocenters. The van der Waals surface area contributed by atoms with Crippen LogP contribution in [0, 0.1) is 41.9 Å². The normalized spacial score (nSPS) is 22.4. The highest BCUT2D eigenvalue weighted by Gasteiger charge is 2.51. The molecule has 0 radical (unpaired) electrons. The van der Waals surface area contributed by atoms with Gasteiger partial charge in [0.2, 0.25) is 5.91 Å². The molecule has 8 nitrogen and oxygen atoms in total. The van der Waals surface area contributed by atoms with Crippen molar-refractivity contribution in [1.29, 1.82) is 5.26 Å². The molecule has 3 N–H and O–H groups in total. The summed E-state index contributed by atoms with van der Waals surface area (Å²) in [6, 6.07) is 9.65. The number of pyridine rings is 1. The molecule has 1 fully saturated rings. The average Bonchev–Trinajstić information content (AvgIpc) is 3.53. The van der Waals surface area contributed by atoms with E-state index in [-0.39, 0.29) is 17.7 Å². The molecule has 2 aliphatic rings. The number of aryl methyl sites for hydroxylation is 1. The first-order valence-corrected chi connectivity index (χ1v) is 12.9. The number of carboxylic acid groups (broad SMARTS) is 1. The van der Waals surface area contributed by atoms with Crippen molar-refractivity contribution in [2.75, 3.05) is 12.4 Å². The molecule has 5 rings (SSSR count). The molecule has 1 amide bonds. The summed E-state index contributed by atoms with van der Waals surface area (Å²) < 4.78 is 1.63. The Labute approximate surface area is 210 Å². The number of anilines is 1. The van der Waals surface area contributed by atoms with Crippen molar-refractivity contribution in [3.63, 3.8) is 0 Å². The van der Waals surface area contributed by atoms with Gasteiger partial charge in [0.05, 0.1) is 27.6 Å². The van der Waals surface area contributed by atoms with Crippen molar-refractivity contribution in [3.05, 3.63) is 53.2 Å². The Morgan fingerprint density at radius 3 is 2.71 bits per heavy atom. The van der Waals surface area contributed by atoms with E-state index >= 15 is 0 Å². The topological polar surface area (TPSA) is 128 Å². The van der Waals surface area contributed by atoms with Crippen LogP contribution in [0.3, 0.4) is 0 Å². The quantitative estimate of drug-likeness (QED) is 0.408. The van der Waals surface area contributed by atoms with Crippen molar-refractivity contribution in [3.8, 4) is 6.07 Å². The van der Waals surface area contributed by atoms with E-state index in [1.165, 1.54) is 23.1 Å². The molecule has 1 saturated carbocycles. The Morgan fingerprint density at radius 2 is 2.00 bits per heavy atom. The largest absolute Gasteiger partial charge is 0.481 e. The van der Waals surface area contributed by atoms with E-state index in [0.717, 1.165) is 32.2 Å². The Kier molecular flexibility index (Phi) is 6.32. The van der Waals surface area contributed by atoms with Crippen LogP contribution in [0.2, 0.25) is 0 Å². The van der Waals surface area contributed by atoms with E-state index < -0.39 is 17.8 Å². The SMILES string of the molecule is CNCc1cc(C)nc(Sc2nc3ccc(NC(=O)[C@H]4[C@H](C(=O)O)[C@H]5C=C[C@H]4C5)cc3s2)c1C#N. The predicted molar refractivity (Wildman–Crippen MR) is 134 cm³/mol. The summed E-state index contributed by atoms with van der Waals surface area (Å²) in [5.41, 5.74) is 3.66. The minimum atomic E-state index is -0.916. The van der Waals surface area contributed by atoms with E-state index in [2.05, 4.69) is 26.7 Å². The van der Waals surface area contributed by atoms with Gasteiger partial charge in [0.25, 0.3) is 0 Å². The van der Waals surface area contributed by atoms with E-state index in [0.29, 0.717) is 22.8 Å². The zero-order chi connectivity index (χ0) is 24.7. The molecule has 2 aromatic heterocycles. The summed E-state index contributed by atoms with van der Waals surface area (Å²) in [5, 5.41) is 26.0. The van der Waals surface area contributed by atoms with Gasteiger partial charge in [0.1, 0.15) is 11.1 Å². The number of fused-ring (bicyclic) bond motifs is 3. The van der Waals surface area contributed by atoms with Crippen molar-refractivity contribution in [2.24, 2.45) is 23.7 Å². The van der Waals surface area contributed by atoms with Crippen LogP contribution in [0.4, 0.5) is 5.69 Å². The lowest BCUT2D eigenvalue weighted by atomic mass is 9.82. The smallest absolute Gasteiger partial charge is 0.307 e. The van der Waals surface area contributed by atoms with Crippen molar-refractivity contribution < 1.29 is 14.7 Å². The predicted octanol–water partition coefficient (Wildman–Crippen LogP) is 4.20. The number of carbonyl (C=O) groups is 2. The summed E-state index contributed by atoms with van der Waals surface area (Å²) in [7, 11) is 1.84. The highest BCUT2D eigenvalue weighted by atomic mass is 32.2. The van der Waals surface area contributed by atoms with Gasteiger partial charge in [-0.05, 0) is 73.8 Å². The van der Waals surface area contributed by atoms with Gasteiger partial charge in [-0.3, -0.25) is 9.59 Å². The Bertz CT molecular complexity index is 1410. The number of carbonyl (C=O) groups excluding carboxylic acids is 1. The molecule has 0 saturated heterocycles. The van der Waals surface area contributed by atoms with Crippen LogP contribution >= 0.6 is 23.1 Å². The number of aromatic nitrogens is 2. The van der Waals surface area contributed by atoms with E-state index in [9.17, 15) is 20.0 Å². The molecule has 2 heterocycles. The van der Waals surface area contributed by atoms with Crippen LogP contribution < -0.4 is 10.6 Å². The molecule has 2 aliphatic carbocycles. The number of carboxylic acids is 1. The van der Waals surface area contributed by atoms with Crippen LogP contribution in [-0.2, 0) is 16.1 Å². The number of hydrogen-bond acceptors (Lipinski definition) is 8. The number of amides is 1. The number of rotatable bonds is 7. The third kappa shape index (κ3) is 4.43. The van der Waals surface area contributed by atoms with Crippen molar-refractivity contribution >= 4 is 50.9 Å². The maximum absolute atomic E-state index is 13.0. The van der Waals surface area contributed by atoms with Crippen molar-refractivity contribution in [2.45, 2.75) is 29.3 Å². The van der Waals surface area contributed by atoms with Gasteiger partial charge in [-0.15, -0.1) is 11.3 Å². The van der Waals surface area contributed by atoms with Gasteiger partial charge in [-0.1, -0.05) is 12.2 Å². The van der Waals surface area contributed by atoms with Crippen LogP contribution in [0.15, 0.2) is 45.8 Å². The fourth-order valence-electron chi connectivity index (χ4n) is 5.08. The summed E-state index contributed by atoms with van der Waals surface area (Å²) >= 11 is 2.81. The van der Waals surface area contributed by atoms with Crippen LogP contribution in [-0.4, -0.2) is 34.0 Å². The highest BCUT2D eigenvalue weighted by Crippen LogP contribution is 2.48. The first kappa shape index (κ1) is 23.5. The summed E-state index contributed by atoms with van der Waals surface area (Å²) in [5.74, 6) is -2.51. The molecular formula is C25H23N5O3S2. The van der Waals surface area contributed by atoms with Crippen LogP contribution in [0.1, 0.15) is 23.2 Å². The molecule has 0 spiro atoms. The van der Waals surface area contributed by atoms with Gasteiger partial charge in [-0.25, -0.2) is 9.97 Å². The lowest BCUT2D eigenvalue weighted by Crippen LogP contribution is -2.36. The summed E-state index contributed by atoms with van der Waals surface area (Å²) in [4.78, 5) is 34.0. The maximum atomic E-state index is 13.0. The minimum Gasteiger partial charge on any atom is -0.481 e. The number of aliphatic carboxylic acids is 1. The molecule has 35 heavy (non-hydrogen) atoms. The summed E-state index contributed by atoms with van der Waals surface area (Å²) in [6.07, 6.45) is 4.62. The van der Waals surface area contributed by atoms with Gasteiger partial charge in [0.15, 0.2) is 4.34 Å². The van der Waals surface area contributed by atoms with Crippen molar-refractivity contribution in [1.82, 2.24) is 15.3 Å². The monoisotopic (exact) mass is 505 g/mol. The third-order valence-corrected chi connectivity index (χ3v) is 8.61. The zero-order valence-electron chi connectivity index (χ0n) is 19.1. The molecule has 178 valence electrons. The fourth-order valence-corrected chi connectivity index (χ4v) is 7.27. The van der Waals surface area contributed by atoms with E-state index in [4.69, 9.17) is 0 Å². The summed E-state index contributed by atoms with van der Waals surface area (Å²) in [6.45, 7) is 2.47. The van der Waals surface area contributed by atoms with Gasteiger partial charge in [0, 0.05) is 17.9 Å². The lowest BCUT2D eigenvalue weighted by molar-refractivity contribution is -0.146. The number of hydrogen-bond donors (Lipinski definition) is 3. The number of nitriles is 1. The first-order valence-electron chi connectivity index (χ1n) is 11.2. The Morgan fingerprint density at radius 1 is 1.23 bits per heavy atom. The Hall–Kier alpha value is -3.26. The average molecular weight is 506 g/mol. The van der Waals surface area contributed by atoms with E-state index in [1.807, 2.05) is 44.3 Å². The first-order chi connectivity index (χ1) is 16.9. The second-order valence-corrected chi connectivity index (χ2v) is 11.1. The number of nitrogens with one attached hydrogen (secondary N) is 2. The molecule has 1 aromatic carbocycles. The van der Waals surface area contributed by atoms with Crippen LogP contribution in [0.5, 0.6) is 0 Å². The van der Waals surface area contributed by atoms with Gasteiger partial charge < -0.3 is 15.7 Å². The highest BCUT2D eigenvalue weighted by molar-refractivity contribution is 8.01. The maximum Gasteiger partial charge on any atom is 0.307 e. The van der Waals surface area contributed by atoms with E-state index in [1.54, 1.807) is 6.07 Å². The Balaban J connectivity index is 1.37. The molecule has 10 heteroatoms. The third-order valence-electron chi connectivity index (χ3n) is 6.54. The minimum absolute atomic E-state index is 0.0276. The lowest BCUT2D eigenvalue weighted by Gasteiger charge is -2.23. The fraction of sp³-hybridized carbons (Fsp3) is 0.320. The standard InChI is InChI=1S/C25H23N5O3S2/c1-12-7-15(11-27-2)17(10-26)23(28-12)35-25-30-18-6-5-16(9-19(18)34-25)29-22(31)20-13-3-4-14(8-13)21(20)24(32)33/h3-7,9,13-14,20-21,27H,8,11H2,1-2H3,(H,29,31)(H,32,33)/t13-,14-,20+,21+/m0/s1. The molecule has 4 atom stereocenters. The molecular weight excluding hydrogens is 482 g/mol. The molecule has 0 aliphatic heterocycles. The number of thiazole rings is 1. The number of benzene rings is 1. The molecule has 3 aromatic rings. The van der Waals surface area contributed by atoms with Crippen LogP contribution in [0.25, 0.3) is 10.2 Å². The zero-order valence-corrected chi connectivity index (χ0v) is 20.7. The number of nitrogens with zero attached hydrogens (tertiary/aromatic N) is 3. The molecule has 2 bridgehead atoms. The second kappa shape index (κ2) is 9.41. The van der Waals surface area contributed by atoms with Gasteiger partial charge in [-0.2, -0.15) is 5.26 Å².